The molecule has 0 unspecified atom stereocenters. The van der Waals surface area contributed by atoms with Crippen LogP contribution < -0.4 is 34.7 Å². The fourth-order valence-corrected chi connectivity index (χ4v) is 6.02. The minimum atomic E-state index is -1.14. The van der Waals surface area contributed by atoms with Crippen LogP contribution in [0, 0.1) is 11.3 Å². The van der Waals surface area contributed by atoms with Crippen LogP contribution in [0.3, 0.4) is 0 Å². The molecule has 0 radical (unpaired) electrons. The molecule has 1 aliphatic heterocycles. The average molecular weight is 562 g/mol. The summed E-state index contributed by atoms with van der Waals surface area (Å²) in [5.41, 5.74) is 8.73. The van der Waals surface area contributed by atoms with Gasteiger partial charge in [0.25, 0.3) is 0 Å². The van der Waals surface area contributed by atoms with E-state index in [1.54, 1.807) is 19.9 Å². The molecule has 1 aliphatic carbocycles. The number of hydrogen-bond acceptors (Lipinski definition) is 5. The molecule has 1 saturated heterocycles. The number of nitriles is 1. The standard InChI is InChI=1S/C33H34ClN3O2.Na/c1-33(2,32(38)39)27-10-9-22(26(19-27)21-35)6-4-16-37-17-13-23(14-18-37)30-29-12-11-28(34)20-25(29)8-7-24-5-3-15-36-31(24)30;/h3,5,9-12,15,19-20H,4,6-8,13-14,16-18H2,1-2H3,(H,38,39);/q;+1/p-1. The van der Waals surface area contributed by atoms with Crippen LogP contribution in [0.4, 0.5) is 0 Å². The number of rotatable bonds is 6. The molecule has 1 fully saturated rings. The Kier molecular flexibility index (Phi) is 9.93. The predicted octanol–water partition coefficient (Wildman–Crippen LogP) is 2.27. The minimum absolute atomic E-state index is 0. The number of carboxylic acid groups (broad SMARTS) is 1. The van der Waals surface area contributed by atoms with E-state index in [4.69, 9.17) is 16.6 Å². The van der Waals surface area contributed by atoms with E-state index >= 15 is 0 Å². The second-order valence-electron chi connectivity index (χ2n) is 11.1. The molecule has 2 heterocycles. The van der Waals surface area contributed by atoms with E-state index < -0.39 is 11.4 Å². The molecule has 2 aromatic carbocycles. The number of nitrogens with zero attached hydrogens (tertiary/aromatic N) is 3. The van der Waals surface area contributed by atoms with Gasteiger partial charge in [-0.05, 0) is 97.2 Å². The second kappa shape index (κ2) is 13.0. The van der Waals surface area contributed by atoms with E-state index in [0.717, 1.165) is 74.4 Å². The smallest absolute Gasteiger partial charge is 0.549 e. The number of carbonyl (C=O) groups excluding carboxylic acids is 1. The molecule has 3 aromatic rings. The number of aliphatic carboxylic acids is 1. The summed E-state index contributed by atoms with van der Waals surface area (Å²) in [6.45, 7) is 6.16. The van der Waals surface area contributed by atoms with Crippen molar-refractivity contribution in [2.45, 2.75) is 57.8 Å². The molecule has 0 saturated carbocycles. The molecule has 7 heteroatoms. The summed E-state index contributed by atoms with van der Waals surface area (Å²) in [6, 6.07) is 18.2. The van der Waals surface area contributed by atoms with Gasteiger partial charge in [-0.3, -0.25) is 4.98 Å². The van der Waals surface area contributed by atoms with Gasteiger partial charge in [-0.15, -0.1) is 0 Å². The summed E-state index contributed by atoms with van der Waals surface area (Å²) < 4.78 is 0. The first kappa shape index (κ1) is 30.5. The molecule has 2 aliphatic rings. The quantitative estimate of drug-likeness (QED) is 0.431. The number of halogens is 1. The normalized spacial score (nSPS) is 15.3. The van der Waals surface area contributed by atoms with Crippen LogP contribution in [0.1, 0.15) is 72.2 Å². The van der Waals surface area contributed by atoms with Gasteiger partial charge in [-0.25, -0.2) is 0 Å². The van der Waals surface area contributed by atoms with Crippen LogP contribution >= 0.6 is 11.6 Å². The molecular weight excluding hydrogens is 529 g/mol. The van der Waals surface area contributed by atoms with Crippen LogP contribution in [0.15, 0.2) is 60.3 Å². The summed E-state index contributed by atoms with van der Waals surface area (Å²) >= 11 is 6.36. The fourth-order valence-electron chi connectivity index (χ4n) is 5.83. The Bertz CT molecular complexity index is 1480. The number of aromatic nitrogens is 1. The van der Waals surface area contributed by atoms with E-state index in [1.165, 1.54) is 27.8 Å². The van der Waals surface area contributed by atoms with Gasteiger partial charge in [-0.2, -0.15) is 5.26 Å². The van der Waals surface area contributed by atoms with Gasteiger partial charge in [0.1, 0.15) is 0 Å². The van der Waals surface area contributed by atoms with Gasteiger partial charge in [0.2, 0.25) is 0 Å². The molecule has 0 atom stereocenters. The maximum atomic E-state index is 11.5. The number of fused-ring (bicyclic) bond motifs is 2. The van der Waals surface area contributed by atoms with Crippen LogP contribution in [0.25, 0.3) is 5.57 Å². The van der Waals surface area contributed by atoms with Gasteiger partial charge in [0.05, 0.1) is 23.3 Å². The summed E-state index contributed by atoms with van der Waals surface area (Å²) in [6.07, 6.45) is 7.56. The van der Waals surface area contributed by atoms with Crippen molar-refractivity contribution in [2.24, 2.45) is 0 Å². The Labute approximate surface area is 264 Å². The van der Waals surface area contributed by atoms with Crippen molar-refractivity contribution in [1.29, 1.82) is 5.26 Å². The third kappa shape index (κ3) is 6.38. The van der Waals surface area contributed by atoms with Crippen molar-refractivity contribution < 1.29 is 39.5 Å². The number of aryl methyl sites for hydroxylation is 3. The zero-order valence-electron chi connectivity index (χ0n) is 23.6. The van der Waals surface area contributed by atoms with Gasteiger partial charge in [0.15, 0.2) is 0 Å². The number of carbonyl (C=O) groups is 1. The van der Waals surface area contributed by atoms with E-state index in [9.17, 15) is 15.2 Å². The number of piperidine rings is 1. The van der Waals surface area contributed by atoms with Crippen molar-refractivity contribution in [2.75, 3.05) is 19.6 Å². The predicted molar refractivity (Wildman–Crippen MR) is 152 cm³/mol. The van der Waals surface area contributed by atoms with Crippen LogP contribution in [0.2, 0.25) is 5.02 Å². The third-order valence-electron chi connectivity index (χ3n) is 8.32. The number of likely N-dealkylation sites (tertiary alicyclic amines) is 1. The van der Waals surface area contributed by atoms with E-state index in [0.29, 0.717) is 11.1 Å². The number of benzene rings is 2. The van der Waals surface area contributed by atoms with E-state index in [-0.39, 0.29) is 29.6 Å². The van der Waals surface area contributed by atoms with Crippen molar-refractivity contribution >= 4 is 23.1 Å². The van der Waals surface area contributed by atoms with Crippen molar-refractivity contribution in [3.05, 3.63) is 104 Å². The summed E-state index contributed by atoms with van der Waals surface area (Å²) in [4.78, 5) is 18.9. The monoisotopic (exact) mass is 561 g/mol. The number of hydrogen-bond donors (Lipinski definition) is 0. The Morgan fingerprint density at radius 3 is 2.55 bits per heavy atom. The van der Waals surface area contributed by atoms with Crippen molar-refractivity contribution in [3.8, 4) is 6.07 Å². The molecule has 0 N–H and O–H groups in total. The van der Waals surface area contributed by atoms with Gasteiger partial charge < -0.3 is 14.8 Å². The number of carboxylic acids is 1. The summed E-state index contributed by atoms with van der Waals surface area (Å²) in [7, 11) is 0. The van der Waals surface area contributed by atoms with Crippen LogP contribution in [-0.2, 0) is 29.5 Å². The first-order valence-electron chi connectivity index (χ1n) is 13.7. The van der Waals surface area contributed by atoms with Gasteiger partial charge in [-0.1, -0.05) is 55.3 Å². The first-order valence-corrected chi connectivity index (χ1v) is 14.1. The second-order valence-corrected chi connectivity index (χ2v) is 11.6. The summed E-state index contributed by atoms with van der Waals surface area (Å²) in [5, 5.41) is 22.0. The van der Waals surface area contributed by atoms with E-state index in [2.05, 4.69) is 29.2 Å². The Morgan fingerprint density at radius 1 is 1.07 bits per heavy atom. The van der Waals surface area contributed by atoms with E-state index in [1.807, 2.05) is 30.5 Å². The molecular formula is C33H33ClN3NaO2. The van der Waals surface area contributed by atoms with Gasteiger partial charge >= 0.3 is 29.6 Å². The Balaban J connectivity index is 0.00000370. The molecule has 40 heavy (non-hydrogen) atoms. The van der Waals surface area contributed by atoms with Crippen LogP contribution in [0.5, 0.6) is 0 Å². The third-order valence-corrected chi connectivity index (χ3v) is 8.56. The molecule has 5 rings (SSSR count). The largest absolute Gasteiger partial charge is 1.00 e. The first-order chi connectivity index (χ1) is 18.8. The summed E-state index contributed by atoms with van der Waals surface area (Å²) in [5.74, 6) is -1.14. The topological polar surface area (TPSA) is 80.0 Å². The molecule has 0 spiro atoms. The van der Waals surface area contributed by atoms with Crippen LogP contribution in [-0.4, -0.2) is 35.5 Å². The van der Waals surface area contributed by atoms with Crippen molar-refractivity contribution in [3.63, 3.8) is 0 Å². The Hall–Kier alpha value is -2.46. The fraction of sp³-hybridized carbons (Fsp3) is 0.364. The number of pyridine rings is 1. The maximum Gasteiger partial charge on any atom is 1.00 e. The average Bonchev–Trinajstić information content (AvgIpc) is 3.10. The molecule has 5 nitrogen and oxygen atoms in total. The molecule has 1 aromatic heterocycles. The van der Waals surface area contributed by atoms with Crippen molar-refractivity contribution in [1.82, 2.24) is 9.88 Å². The maximum absolute atomic E-state index is 11.5. The molecule has 200 valence electrons. The SMILES string of the molecule is CC(C)(C(=O)[O-])c1ccc(CCCN2CCC(=C3c4ccc(Cl)cc4CCc4cccnc43)CC2)c(C#N)c1.[Na+]. The van der Waals surface area contributed by atoms with Gasteiger partial charge in [0, 0.05) is 35.3 Å². The zero-order valence-corrected chi connectivity index (χ0v) is 26.4. The molecule has 0 bridgehead atoms. The Morgan fingerprint density at radius 2 is 1.82 bits per heavy atom. The zero-order chi connectivity index (χ0) is 27.6. The molecule has 0 amide bonds. The minimum Gasteiger partial charge on any atom is -0.549 e.